The van der Waals surface area contributed by atoms with Crippen LogP contribution in [-0.4, -0.2) is 41.2 Å². The smallest absolute Gasteiger partial charge is 0.257 e. The zero-order chi connectivity index (χ0) is 22.8. The molecule has 166 valence electrons. The van der Waals surface area contributed by atoms with Crippen molar-refractivity contribution < 1.29 is 15.0 Å². The number of aromatic hydroxyl groups is 2. The Morgan fingerprint density at radius 1 is 1.03 bits per heavy atom. The van der Waals surface area contributed by atoms with Crippen molar-refractivity contribution in [3.8, 4) is 11.5 Å². The molecule has 1 amide bonds. The van der Waals surface area contributed by atoms with Crippen LogP contribution < -0.4 is 4.90 Å². The van der Waals surface area contributed by atoms with E-state index in [1.165, 1.54) is 6.07 Å². The average Bonchev–Trinajstić information content (AvgIpc) is 2.73. The van der Waals surface area contributed by atoms with Crippen LogP contribution in [0.4, 0.5) is 5.69 Å². The molecule has 5 heteroatoms. The fraction of sp³-hybridized carbons (Fsp3) is 0.480. The Kier molecular flexibility index (Phi) is 10.2. The lowest BCUT2D eigenvalue weighted by Crippen LogP contribution is -2.27. The minimum atomic E-state index is -0.272. The molecule has 30 heavy (non-hydrogen) atoms. The molecule has 0 aliphatic carbocycles. The molecule has 0 bridgehead atoms. The van der Waals surface area contributed by atoms with Gasteiger partial charge in [0, 0.05) is 38.4 Å². The Morgan fingerprint density at radius 3 is 2.27 bits per heavy atom. The zero-order valence-corrected chi connectivity index (χ0v) is 19.6. The summed E-state index contributed by atoms with van der Waals surface area (Å²) < 4.78 is 0. The predicted octanol–water partition coefficient (Wildman–Crippen LogP) is 5.76. The molecular weight excluding hydrogens is 376 g/mol. The molecule has 0 aromatic heterocycles. The highest BCUT2D eigenvalue weighted by atomic mass is 16.3. The summed E-state index contributed by atoms with van der Waals surface area (Å²) in [4.78, 5) is 16.8. The van der Waals surface area contributed by atoms with Crippen LogP contribution in [0.3, 0.4) is 0 Å². The molecule has 0 saturated heterocycles. The molecule has 2 aromatic rings. The number of carbonyl (C=O) groups excluding carboxylic acids is 1. The fourth-order valence-electron chi connectivity index (χ4n) is 3.37. The normalized spacial score (nSPS) is 10.4. The molecule has 0 aliphatic rings. The topological polar surface area (TPSA) is 64.0 Å². The van der Waals surface area contributed by atoms with Crippen molar-refractivity contribution in [3.05, 3.63) is 53.1 Å². The quantitative estimate of drug-likeness (QED) is 0.577. The number of nitrogens with zero attached hydrogens (tertiary/aromatic N) is 2. The van der Waals surface area contributed by atoms with E-state index in [-0.39, 0.29) is 28.9 Å². The van der Waals surface area contributed by atoms with Crippen molar-refractivity contribution in [2.75, 3.05) is 25.0 Å². The molecule has 0 aliphatic heterocycles. The number of anilines is 1. The van der Waals surface area contributed by atoms with E-state index < -0.39 is 0 Å². The number of amides is 1. The molecule has 0 spiro atoms. The van der Waals surface area contributed by atoms with Gasteiger partial charge in [0.1, 0.15) is 11.5 Å². The van der Waals surface area contributed by atoms with Crippen LogP contribution in [0.5, 0.6) is 11.5 Å². The van der Waals surface area contributed by atoms with Crippen LogP contribution in [0.15, 0.2) is 36.4 Å². The number of rotatable bonds is 8. The van der Waals surface area contributed by atoms with Crippen LogP contribution in [-0.2, 0) is 6.54 Å². The van der Waals surface area contributed by atoms with Gasteiger partial charge >= 0.3 is 0 Å². The average molecular weight is 415 g/mol. The van der Waals surface area contributed by atoms with Gasteiger partial charge in [-0.05, 0) is 48.6 Å². The molecule has 2 aromatic carbocycles. The second-order valence-electron chi connectivity index (χ2n) is 7.49. The molecule has 0 unspecified atom stereocenters. The van der Waals surface area contributed by atoms with Crippen molar-refractivity contribution in [2.45, 2.75) is 60.4 Å². The van der Waals surface area contributed by atoms with E-state index >= 15 is 0 Å². The minimum Gasteiger partial charge on any atom is -0.508 e. The SMILES string of the molecule is CC.CCCN(CC)c1cccc(CN(C)C(=O)c2cc(C(C)C)c(O)cc2O)c1. The third-order valence-electron chi connectivity index (χ3n) is 4.91. The first-order valence-corrected chi connectivity index (χ1v) is 10.9. The van der Waals surface area contributed by atoms with Crippen molar-refractivity contribution >= 4 is 11.6 Å². The van der Waals surface area contributed by atoms with Crippen LogP contribution in [0.25, 0.3) is 0 Å². The summed E-state index contributed by atoms with van der Waals surface area (Å²) >= 11 is 0. The highest BCUT2D eigenvalue weighted by Gasteiger charge is 2.20. The van der Waals surface area contributed by atoms with Crippen LogP contribution in [0.2, 0.25) is 0 Å². The van der Waals surface area contributed by atoms with E-state index in [0.29, 0.717) is 12.1 Å². The lowest BCUT2D eigenvalue weighted by Gasteiger charge is -2.24. The molecule has 5 nitrogen and oxygen atoms in total. The van der Waals surface area contributed by atoms with Gasteiger partial charge in [0.05, 0.1) is 5.56 Å². The van der Waals surface area contributed by atoms with E-state index in [9.17, 15) is 15.0 Å². The van der Waals surface area contributed by atoms with E-state index in [1.807, 2.05) is 39.8 Å². The third-order valence-corrected chi connectivity index (χ3v) is 4.91. The summed E-state index contributed by atoms with van der Waals surface area (Å²) in [6, 6.07) is 11.1. The monoisotopic (exact) mass is 414 g/mol. The van der Waals surface area contributed by atoms with Crippen LogP contribution in [0, 0.1) is 0 Å². The number of hydrogen-bond acceptors (Lipinski definition) is 4. The van der Waals surface area contributed by atoms with E-state index in [0.717, 1.165) is 30.8 Å². The van der Waals surface area contributed by atoms with E-state index in [2.05, 4.69) is 30.9 Å². The minimum absolute atomic E-state index is 0.00925. The number of benzene rings is 2. The van der Waals surface area contributed by atoms with Crippen molar-refractivity contribution in [1.82, 2.24) is 4.90 Å². The van der Waals surface area contributed by atoms with Gasteiger partial charge in [-0.2, -0.15) is 0 Å². The summed E-state index contributed by atoms with van der Waals surface area (Å²) in [6.45, 7) is 14.5. The Morgan fingerprint density at radius 2 is 1.70 bits per heavy atom. The van der Waals surface area contributed by atoms with Gasteiger partial charge in [-0.15, -0.1) is 0 Å². The number of phenols is 2. The number of carbonyl (C=O) groups is 1. The summed E-state index contributed by atoms with van der Waals surface area (Å²) in [6.07, 6.45) is 1.08. The number of phenolic OH excluding ortho intramolecular Hbond substituents is 2. The highest BCUT2D eigenvalue weighted by molar-refractivity contribution is 5.97. The first kappa shape index (κ1) is 25.3. The second-order valence-corrected chi connectivity index (χ2v) is 7.49. The van der Waals surface area contributed by atoms with E-state index in [1.54, 1.807) is 18.0 Å². The summed E-state index contributed by atoms with van der Waals surface area (Å²) in [5, 5.41) is 20.2. The molecule has 0 fully saturated rings. The molecule has 0 saturated carbocycles. The molecule has 0 radical (unpaired) electrons. The van der Waals surface area contributed by atoms with Crippen molar-refractivity contribution in [1.29, 1.82) is 0 Å². The largest absolute Gasteiger partial charge is 0.508 e. The van der Waals surface area contributed by atoms with Crippen LogP contribution in [0.1, 0.15) is 75.4 Å². The maximum atomic E-state index is 12.9. The van der Waals surface area contributed by atoms with Crippen LogP contribution >= 0.6 is 0 Å². The first-order valence-electron chi connectivity index (χ1n) is 10.9. The van der Waals surface area contributed by atoms with Gasteiger partial charge in [-0.3, -0.25) is 4.79 Å². The molecule has 2 rings (SSSR count). The Labute approximate surface area is 182 Å². The summed E-state index contributed by atoms with van der Waals surface area (Å²) in [7, 11) is 1.72. The third kappa shape index (κ3) is 6.41. The molecular formula is C25H38N2O3. The first-order chi connectivity index (χ1) is 14.3. The van der Waals surface area contributed by atoms with Gasteiger partial charge in [0.25, 0.3) is 5.91 Å². The van der Waals surface area contributed by atoms with Gasteiger partial charge in [0.2, 0.25) is 0 Å². The van der Waals surface area contributed by atoms with Crippen molar-refractivity contribution in [2.24, 2.45) is 0 Å². The summed E-state index contributed by atoms with van der Waals surface area (Å²) in [5.41, 5.74) is 3.04. The Balaban J connectivity index is 0.00000218. The lowest BCUT2D eigenvalue weighted by atomic mass is 9.98. The molecule has 0 atom stereocenters. The second kappa shape index (κ2) is 12.1. The lowest BCUT2D eigenvalue weighted by molar-refractivity contribution is 0.0782. The zero-order valence-electron chi connectivity index (χ0n) is 19.6. The predicted molar refractivity (Wildman–Crippen MR) is 126 cm³/mol. The van der Waals surface area contributed by atoms with E-state index in [4.69, 9.17) is 0 Å². The van der Waals surface area contributed by atoms with Gasteiger partial charge < -0.3 is 20.0 Å². The number of hydrogen-bond donors (Lipinski definition) is 2. The van der Waals surface area contributed by atoms with Crippen molar-refractivity contribution in [3.63, 3.8) is 0 Å². The molecule has 0 heterocycles. The Hall–Kier alpha value is -2.69. The maximum absolute atomic E-state index is 12.9. The maximum Gasteiger partial charge on any atom is 0.257 e. The standard InChI is InChI=1S/C23H32N2O3.C2H6/c1-6-11-25(7-2)18-10-8-9-17(12-18)15-24(5)23(28)20-13-19(16(3)4)21(26)14-22(20)27;1-2/h8-10,12-14,16,26-27H,6-7,11,15H2,1-5H3;1-2H3. The molecule has 2 N–H and O–H groups in total. The summed E-state index contributed by atoms with van der Waals surface area (Å²) in [5.74, 6) is -0.416. The Bertz CT molecular complexity index is 818. The van der Waals surface area contributed by atoms with Gasteiger partial charge in [-0.1, -0.05) is 46.8 Å². The fourth-order valence-corrected chi connectivity index (χ4v) is 3.37. The van der Waals surface area contributed by atoms with Gasteiger partial charge in [-0.25, -0.2) is 0 Å². The highest BCUT2D eigenvalue weighted by Crippen LogP contribution is 2.33. The van der Waals surface area contributed by atoms with Gasteiger partial charge in [0.15, 0.2) is 0 Å².